The Bertz CT molecular complexity index is 1250. The molecule has 7 nitrogen and oxygen atoms in total. The normalized spacial score (nSPS) is 20.8. The Morgan fingerprint density at radius 1 is 1.03 bits per heavy atom. The van der Waals surface area contributed by atoms with E-state index in [4.69, 9.17) is 4.74 Å². The average molecular weight is 444 g/mol. The lowest BCUT2D eigenvalue weighted by atomic mass is 9.91. The molecule has 3 heterocycles. The minimum Gasteiger partial charge on any atom is -0.482 e. The molecular weight excluding hydrogens is 420 g/mol. The zero-order chi connectivity index (χ0) is 23.3. The lowest BCUT2D eigenvalue weighted by Crippen LogP contribution is -2.27. The van der Waals surface area contributed by atoms with Crippen LogP contribution in [0.4, 0.5) is 5.69 Å². The Balaban J connectivity index is 1.50. The first kappa shape index (κ1) is 21.0. The standard InChI is InChI=1S/C26H24N2O5/c1-26(2)19(15-5-7-16(8-6-15)24(30)28-11-3-4-12-28)14-21(33-26)22-18-10-9-17(25(31)32)13-20(18)27-23(22)29/h5-10,13-14H,3-4,11-12H2,1-2H3,(H,27,29)(H,31,32). The van der Waals surface area contributed by atoms with Gasteiger partial charge in [-0.25, -0.2) is 4.79 Å². The number of allylic oxidation sites excluding steroid dienone is 1. The van der Waals surface area contributed by atoms with Crippen LogP contribution in [-0.2, 0) is 9.53 Å². The van der Waals surface area contributed by atoms with Crippen molar-refractivity contribution < 1.29 is 24.2 Å². The number of carboxylic acids is 1. The summed E-state index contributed by atoms with van der Waals surface area (Å²) < 4.78 is 6.20. The highest BCUT2D eigenvalue weighted by Crippen LogP contribution is 2.44. The third kappa shape index (κ3) is 3.59. The van der Waals surface area contributed by atoms with Crippen LogP contribution in [0.1, 0.15) is 58.5 Å². The molecule has 1 fully saturated rings. The number of rotatable bonds is 3. The Morgan fingerprint density at radius 3 is 2.36 bits per heavy atom. The lowest BCUT2D eigenvalue weighted by molar-refractivity contribution is -0.111. The van der Waals surface area contributed by atoms with Crippen LogP contribution in [0, 0.1) is 0 Å². The SMILES string of the molecule is CC1(C)OC(=C2C(=O)Nc3cc(C(=O)O)ccc32)C=C1c1ccc(C(=O)N2CCCC2)cc1. The van der Waals surface area contributed by atoms with Crippen LogP contribution in [0.5, 0.6) is 0 Å². The molecule has 7 heteroatoms. The number of fused-ring (bicyclic) bond motifs is 1. The van der Waals surface area contributed by atoms with Gasteiger partial charge in [0.05, 0.1) is 16.8 Å². The van der Waals surface area contributed by atoms with E-state index in [-0.39, 0.29) is 17.4 Å². The van der Waals surface area contributed by atoms with Crippen molar-refractivity contribution in [2.75, 3.05) is 18.4 Å². The number of carbonyl (C=O) groups excluding carboxylic acids is 2. The first-order chi connectivity index (χ1) is 15.7. The predicted octanol–water partition coefficient (Wildman–Crippen LogP) is 4.18. The molecule has 2 amide bonds. The molecule has 5 rings (SSSR count). The third-order valence-electron chi connectivity index (χ3n) is 6.38. The predicted molar refractivity (Wildman–Crippen MR) is 124 cm³/mol. The number of ether oxygens (including phenoxy) is 1. The molecule has 168 valence electrons. The van der Waals surface area contributed by atoms with E-state index >= 15 is 0 Å². The van der Waals surface area contributed by atoms with Gasteiger partial charge in [-0.05, 0) is 62.6 Å². The molecular formula is C26H24N2O5. The molecule has 0 saturated carbocycles. The van der Waals surface area contributed by atoms with Crippen LogP contribution < -0.4 is 5.32 Å². The lowest BCUT2D eigenvalue weighted by Gasteiger charge is -2.23. The number of anilines is 1. The van der Waals surface area contributed by atoms with Crippen molar-refractivity contribution in [3.8, 4) is 0 Å². The summed E-state index contributed by atoms with van der Waals surface area (Å²) in [6, 6.07) is 12.0. The minimum atomic E-state index is -1.06. The molecule has 3 aliphatic rings. The maximum absolute atomic E-state index is 12.7. The van der Waals surface area contributed by atoms with Gasteiger partial charge in [0, 0.05) is 29.8 Å². The molecule has 33 heavy (non-hydrogen) atoms. The number of hydrogen-bond acceptors (Lipinski definition) is 4. The number of nitrogens with one attached hydrogen (secondary N) is 1. The molecule has 0 spiro atoms. The van der Waals surface area contributed by atoms with Crippen molar-refractivity contribution in [2.45, 2.75) is 32.3 Å². The number of aromatic carboxylic acids is 1. The molecule has 0 unspecified atom stereocenters. The first-order valence-corrected chi connectivity index (χ1v) is 11.0. The number of likely N-dealkylation sites (tertiary alicyclic amines) is 1. The van der Waals surface area contributed by atoms with Crippen molar-refractivity contribution in [2.24, 2.45) is 0 Å². The van der Waals surface area contributed by atoms with Crippen LogP contribution in [0.2, 0.25) is 0 Å². The van der Waals surface area contributed by atoms with E-state index in [2.05, 4.69) is 5.32 Å². The molecule has 2 aromatic carbocycles. The van der Waals surface area contributed by atoms with Gasteiger partial charge in [0.25, 0.3) is 11.8 Å². The van der Waals surface area contributed by atoms with E-state index in [1.54, 1.807) is 6.07 Å². The second-order valence-corrected chi connectivity index (χ2v) is 9.01. The van der Waals surface area contributed by atoms with Gasteiger partial charge in [0.15, 0.2) is 0 Å². The topological polar surface area (TPSA) is 95.9 Å². The van der Waals surface area contributed by atoms with E-state index in [1.807, 2.05) is 49.1 Å². The van der Waals surface area contributed by atoms with Crippen LogP contribution in [0.25, 0.3) is 11.1 Å². The van der Waals surface area contributed by atoms with Crippen LogP contribution >= 0.6 is 0 Å². The van der Waals surface area contributed by atoms with Gasteiger partial charge >= 0.3 is 5.97 Å². The fourth-order valence-corrected chi connectivity index (χ4v) is 4.66. The molecule has 2 N–H and O–H groups in total. The fraction of sp³-hybridized carbons (Fsp3) is 0.269. The Morgan fingerprint density at radius 2 is 1.70 bits per heavy atom. The minimum absolute atomic E-state index is 0.0535. The first-order valence-electron chi connectivity index (χ1n) is 11.0. The Kier molecular flexibility index (Phi) is 4.85. The van der Waals surface area contributed by atoms with Crippen molar-refractivity contribution in [1.29, 1.82) is 0 Å². The Labute approximate surface area is 191 Å². The highest BCUT2D eigenvalue weighted by atomic mass is 16.5. The molecule has 0 aromatic heterocycles. The maximum Gasteiger partial charge on any atom is 0.335 e. The van der Waals surface area contributed by atoms with Gasteiger partial charge in [-0.2, -0.15) is 0 Å². The summed E-state index contributed by atoms with van der Waals surface area (Å²) in [6.07, 6.45) is 3.95. The molecule has 0 bridgehead atoms. The summed E-state index contributed by atoms with van der Waals surface area (Å²) in [5, 5.41) is 12.0. The molecule has 0 atom stereocenters. The van der Waals surface area contributed by atoms with E-state index in [9.17, 15) is 19.5 Å². The van der Waals surface area contributed by atoms with Gasteiger partial charge < -0.3 is 20.1 Å². The largest absolute Gasteiger partial charge is 0.482 e. The summed E-state index contributed by atoms with van der Waals surface area (Å²) in [5.74, 6) is -0.896. The summed E-state index contributed by atoms with van der Waals surface area (Å²) in [6.45, 7) is 5.47. The van der Waals surface area contributed by atoms with E-state index in [0.717, 1.165) is 37.1 Å². The summed E-state index contributed by atoms with van der Waals surface area (Å²) in [4.78, 5) is 38.5. The van der Waals surface area contributed by atoms with Crippen LogP contribution in [0.3, 0.4) is 0 Å². The summed E-state index contributed by atoms with van der Waals surface area (Å²) >= 11 is 0. The van der Waals surface area contributed by atoms with Gasteiger partial charge in [-0.3, -0.25) is 9.59 Å². The van der Waals surface area contributed by atoms with Crippen LogP contribution in [0.15, 0.2) is 54.3 Å². The summed E-state index contributed by atoms with van der Waals surface area (Å²) in [7, 11) is 0. The number of carboxylic acid groups (broad SMARTS) is 1. The van der Waals surface area contributed by atoms with Crippen molar-refractivity contribution in [3.63, 3.8) is 0 Å². The van der Waals surface area contributed by atoms with Gasteiger partial charge in [-0.15, -0.1) is 0 Å². The van der Waals surface area contributed by atoms with Crippen molar-refractivity contribution in [3.05, 3.63) is 76.6 Å². The second-order valence-electron chi connectivity index (χ2n) is 9.01. The van der Waals surface area contributed by atoms with E-state index < -0.39 is 11.6 Å². The monoisotopic (exact) mass is 444 g/mol. The second kappa shape index (κ2) is 7.62. The molecule has 0 aliphatic carbocycles. The van der Waals surface area contributed by atoms with Gasteiger partial charge in [0.2, 0.25) is 0 Å². The number of hydrogen-bond donors (Lipinski definition) is 2. The third-order valence-corrected chi connectivity index (χ3v) is 6.38. The molecule has 1 saturated heterocycles. The quantitative estimate of drug-likeness (QED) is 0.693. The maximum atomic E-state index is 12.7. The molecule has 3 aliphatic heterocycles. The number of carbonyl (C=O) groups is 3. The molecule has 0 radical (unpaired) electrons. The van der Waals surface area contributed by atoms with Gasteiger partial charge in [-0.1, -0.05) is 18.2 Å². The number of nitrogens with zero attached hydrogens (tertiary/aromatic N) is 1. The average Bonchev–Trinajstić information content (AvgIpc) is 3.49. The van der Waals surface area contributed by atoms with Gasteiger partial charge in [0.1, 0.15) is 11.4 Å². The van der Waals surface area contributed by atoms with E-state index in [1.165, 1.54) is 12.1 Å². The fourth-order valence-electron chi connectivity index (χ4n) is 4.66. The number of amides is 2. The zero-order valence-electron chi connectivity index (χ0n) is 18.5. The van der Waals surface area contributed by atoms with E-state index in [0.29, 0.717) is 28.1 Å². The van der Waals surface area contributed by atoms with Crippen LogP contribution in [-0.4, -0.2) is 46.5 Å². The highest BCUT2D eigenvalue weighted by molar-refractivity contribution is 6.32. The van der Waals surface area contributed by atoms with Crippen molar-refractivity contribution in [1.82, 2.24) is 4.90 Å². The Hall–Kier alpha value is -3.87. The molecule has 2 aromatic rings. The number of benzene rings is 2. The highest BCUT2D eigenvalue weighted by Gasteiger charge is 2.38. The summed E-state index contributed by atoms with van der Waals surface area (Å²) in [5.41, 5.74) is 3.33. The zero-order valence-corrected chi connectivity index (χ0v) is 18.5. The smallest absolute Gasteiger partial charge is 0.335 e. The van der Waals surface area contributed by atoms with Crippen molar-refractivity contribution >= 4 is 34.6 Å².